The molecule has 1 N–H and O–H groups in total. The molecule has 1 aromatic heterocycles. The van der Waals surface area contributed by atoms with Crippen LogP contribution in [0.5, 0.6) is 5.75 Å². The van der Waals surface area contributed by atoms with Crippen molar-refractivity contribution in [3.05, 3.63) is 102 Å². The Labute approximate surface area is 225 Å². The number of hydrogen-bond acceptors (Lipinski definition) is 4. The molecule has 0 bridgehead atoms. The molecule has 6 rings (SSSR count). The van der Waals surface area contributed by atoms with Crippen LogP contribution in [0.1, 0.15) is 22.8 Å². The minimum Gasteiger partial charge on any atom is -0.497 e. The van der Waals surface area contributed by atoms with Crippen molar-refractivity contribution in [3.63, 3.8) is 0 Å². The quantitative estimate of drug-likeness (QED) is 0.233. The van der Waals surface area contributed by atoms with Gasteiger partial charge in [-0.05, 0) is 53.1 Å². The van der Waals surface area contributed by atoms with E-state index in [-0.39, 0.29) is 12.3 Å². The fourth-order valence-corrected chi connectivity index (χ4v) is 5.53. The number of hydrogen-bond donors (Lipinski definition) is 1. The van der Waals surface area contributed by atoms with Crippen molar-refractivity contribution in [2.75, 3.05) is 13.7 Å². The van der Waals surface area contributed by atoms with Crippen molar-refractivity contribution >= 4 is 39.4 Å². The molecule has 4 aromatic carbocycles. The summed E-state index contributed by atoms with van der Waals surface area (Å²) >= 11 is 0. The van der Waals surface area contributed by atoms with Crippen LogP contribution in [0.25, 0.3) is 32.9 Å². The van der Waals surface area contributed by atoms with E-state index in [9.17, 15) is 14.4 Å². The van der Waals surface area contributed by atoms with E-state index in [1.165, 1.54) is 0 Å². The van der Waals surface area contributed by atoms with E-state index in [1.807, 2.05) is 103 Å². The minimum absolute atomic E-state index is 0.302. The number of aromatic nitrogens is 1. The van der Waals surface area contributed by atoms with Gasteiger partial charge >= 0.3 is 6.03 Å². The summed E-state index contributed by atoms with van der Waals surface area (Å²) in [5, 5.41) is 5.48. The number of ketones is 1. The molecule has 0 aliphatic carbocycles. The Kier molecular flexibility index (Phi) is 5.72. The Morgan fingerprint density at radius 1 is 0.897 bits per heavy atom. The molecule has 1 fully saturated rings. The monoisotopic (exact) mass is 517 g/mol. The lowest BCUT2D eigenvalue weighted by Crippen LogP contribution is -2.41. The summed E-state index contributed by atoms with van der Waals surface area (Å²) in [7, 11) is 3.53. The van der Waals surface area contributed by atoms with Gasteiger partial charge in [-0.3, -0.25) is 14.5 Å². The van der Waals surface area contributed by atoms with Crippen molar-refractivity contribution in [2.24, 2.45) is 7.05 Å². The Hall–Kier alpha value is -4.91. The van der Waals surface area contributed by atoms with Gasteiger partial charge in [0, 0.05) is 18.0 Å². The highest BCUT2D eigenvalue weighted by Gasteiger charge is 2.49. The van der Waals surface area contributed by atoms with E-state index in [4.69, 9.17) is 4.74 Å². The van der Waals surface area contributed by atoms with Crippen molar-refractivity contribution in [2.45, 2.75) is 12.5 Å². The molecular formula is C32H27N3O4. The van der Waals surface area contributed by atoms with E-state index in [0.717, 1.165) is 43.6 Å². The van der Waals surface area contributed by atoms with Gasteiger partial charge in [0.1, 0.15) is 11.3 Å². The number of nitrogens with zero attached hydrogens (tertiary/aromatic N) is 2. The topological polar surface area (TPSA) is 80.6 Å². The number of nitrogens with one attached hydrogen (secondary N) is 1. The molecular weight excluding hydrogens is 490 g/mol. The molecule has 0 radical (unpaired) electrons. The average molecular weight is 518 g/mol. The number of Topliss-reactive ketones (excluding diaryl/α,β-unsaturated/α-hetero) is 1. The minimum atomic E-state index is -1.30. The van der Waals surface area contributed by atoms with E-state index >= 15 is 0 Å². The van der Waals surface area contributed by atoms with E-state index in [2.05, 4.69) is 5.32 Å². The zero-order valence-corrected chi connectivity index (χ0v) is 21.9. The third kappa shape index (κ3) is 3.85. The highest BCUT2D eigenvalue weighted by Crippen LogP contribution is 2.35. The number of para-hydroxylation sites is 1. The van der Waals surface area contributed by atoms with Crippen LogP contribution in [0.2, 0.25) is 0 Å². The number of carbonyl (C=O) groups is 3. The Morgan fingerprint density at radius 2 is 1.59 bits per heavy atom. The molecule has 1 unspecified atom stereocenters. The molecule has 3 amide bonds. The van der Waals surface area contributed by atoms with Gasteiger partial charge < -0.3 is 14.6 Å². The summed E-state index contributed by atoms with van der Waals surface area (Å²) in [6, 6.07) is 28.0. The van der Waals surface area contributed by atoms with E-state index in [0.29, 0.717) is 11.1 Å². The summed E-state index contributed by atoms with van der Waals surface area (Å²) in [5.74, 6) is -0.0288. The third-order valence-corrected chi connectivity index (χ3v) is 7.63. The first-order valence-electron chi connectivity index (χ1n) is 12.7. The Balaban J connectivity index is 1.36. The van der Waals surface area contributed by atoms with Gasteiger partial charge in [-0.25, -0.2) is 4.79 Å². The molecule has 1 aliphatic rings. The van der Waals surface area contributed by atoms with Gasteiger partial charge in [0.25, 0.3) is 5.91 Å². The predicted octanol–water partition coefficient (Wildman–Crippen LogP) is 5.66. The fraction of sp³-hybridized carbons (Fsp3) is 0.156. The maximum Gasteiger partial charge on any atom is 0.325 e. The standard InChI is InChI=1S/C32H27N3O4/c1-32(23-15-13-22-18-24(39-3)16-14-21(22)17-23)30(37)35(31(38)33-32)19-27(36)28-25-11-7-8-12-26(25)34(2)29(28)20-9-5-4-6-10-20/h4-18H,19H2,1-3H3,(H,33,38). The molecule has 1 atom stereocenters. The second kappa shape index (κ2) is 9.13. The number of urea groups is 1. The second-order valence-electron chi connectivity index (χ2n) is 9.96. The molecule has 7 heteroatoms. The molecule has 2 heterocycles. The molecule has 39 heavy (non-hydrogen) atoms. The summed E-state index contributed by atoms with van der Waals surface area (Å²) in [6.07, 6.45) is 0. The van der Waals surface area contributed by atoms with Crippen molar-refractivity contribution in [1.82, 2.24) is 14.8 Å². The first-order chi connectivity index (χ1) is 18.8. The number of carbonyl (C=O) groups excluding carboxylic acids is 3. The Bertz CT molecular complexity index is 1790. The molecule has 7 nitrogen and oxygen atoms in total. The zero-order chi connectivity index (χ0) is 27.3. The highest BCUT2D eigenvalue weighted by atomic mass is 16.5. The lowest BCUT2D eigenvalue weighted by molar-refractivity contribution is -0.130. The summed E-state index contributed by atoms with van der Waals surface area (Å²) in [4.78, 5) is 41.8. The van der Waals surface area contributed by atoms with Crippen LogP contribution in [0.4, 0.5) is 4.79 Å². The van der Waals surface area contributed by atoms with Gasteiger partial charge in [0.2, 0.25) is 0 Å². The summed E-state index contributed by atoms with van der Waals surface area (Å²) < 4.78 is 7.29. The highest BCUT2D eigenvalue weighted by molar-refractivity contribution is 6.17. The number of rotatable bonds is 6. The normalized spacial score (nSPS) is 17.2. The van der Waals surface area contributed by atoms with Gasteiger partial charge in [-0.2, -0.15) is 0 Å². The van der Waals surface area contributed by atoms with Crippen LogP contribution in [-0.2, 0) is 17.4 Å². The third-order valence-electron chi connectivity index (χ3n) is 7.63. The smallest absolute Gasteiger partial charge is 0.325 e. The summed E-state index contributed by atoms with van der Waals surface area (Å²) in [5.41, 5.74) is 2.37. The molecule has 1 saturated heterocycles. The SMILES string of the molecule is COc1ccc2cc(C3(C)NC(=O)N(CC(=O)c4c(-c5ccccc5)n(C)c5ccccc45)C3=O)ccc2c1. The molecule has 0 spiro atoms. The first-order valence-corrected chi connectivity index (χ1v) is 12.7. The number of ether oxygens (including phenoxy) is 1. The largest absolute Gasteiger partial charge is 0.497 e. The van der Waals surface area contributed by atoms with E-state index in [1.54, 1.807) is 14.0 Å². The van der Waals surface area contributed by atoms with Gasteiger partial charge in [-0.1, -0.05) is 66.7 Å². The molecule has 5 aromatic rings. The van der Waals surface area contributed by atoms with Crippen molar-refractivity contribution in [1.29, 1.82) is 0 Å². The number of aryl methyl sites for hydroxylation is 1. The van der Waals surface area contributed by atoms with Crippen molar-refractivity contribution in [3.8, 4) is 17.0 Å². The van der Waals surface area contributed by atoms with Gasteiger partial charge in [-0.15, -0.1) is 0 Å². The van der Waals surface area contributed by atoms with Crippen LogP contribution >= 0.6 is 0 Å². The van der Waals surface area contributed by atoms with Crippen LogP contribution < -0.4 is 10.1 Å². The number of imide groups is 1. The molecule has 194 valence electrons. The first kappa shape index (κ1) is 24.4. The number of fused-ring (bicyclic) bond motifs is 2. The number of methoxy groups -OCH3 is 1. The van der Waals surface area contributed by atoms with Crippen LogP contribution in [-0.4, -0.2) is 40.8 Å². The second-order valence-corrected chi connectivity index (χ2v) is 9.96. The lowest BCUT2D eigenvalue weighted by Gasteiger charge is -2.22. The average Bonchev–Trinajstić information content (AvgIpc) is 3.38. The van der Waals surface area contributed by atoms with E-state index < -0.39 is 17.5 Å². The molecule has 0 saturated carbocycles. The molecule has 1 aliphatic heterocycles. The van der Waals surface area contributed by atoms with Gasteiger partial charge in [0.15, 0.2) is 5.78 Å². The van der Waals surface area contributed by atoms with Crippen LogP contribution in [0.3, 0.4) is 0 Å². The van der Waals surface area contributed by atoms with Crippen LogP contribution in [0.15, 0.2) is 91.0 Å². The van der Waals surface area contributed by atoms with Gasteiger partial charge in [0.05, 0.1) is 24.9 Å². The maximum atomic E-state index is 13.9. The fourth-order valence-electron chi connectivity index (χ4n) is 5.53. The lowest BCUT2D eigenvalue weighted by atomic mass is 9.90. The Morgan fingerprint density at radius 3 is 2.36 bits per heavy atom. The predicted molar refractivity (Wildman–Crippen MR) is 151 cm³/mol. The maximum absolute atomic E-state index is 13.9. The summed E-state index contributed by atoms with van der Waals surface area (Å²) in [6.45, 7) is 1.31. The number of benzene rings is 4. The van der Waals surface area contributed by atoms with Crippen molar-refractivity contribution < 1.29 is 19.1 Å². The van der Waals surface area contributed by atoms with Crippen LogP contribution in [0, 0.1) is 0 Å². The number of amides is 3. The zero-order valence-electron chi connectivity index (χ0n) is 21.9.